The van der Waals surface area contributed by atoms with Crippen LogP contribution in [0.1, 0.15) is 32.1 Å². The first-order valence-corrected chi connectivity index (χ1v) is 9.11. The fourth-order valence-electron chi connectivity index (χ4n) is 3.95. The van der Waals surface area contributed by atoms with E-state index >= 15 is 0 Å². The first kappa shape index (κ1) is 17.8. The third-order valence-corrected chi connectivity index (χ3v) is 5.77. The summed E-state index contributed by atoms with van der Waals surface area (Å²) in [6.45, 7) is -0.358. The third-order valence-electron chi connectivity index (χ3n) is 5.12. The SMILES string of the molecule is O=C(COC(=O)CC1CC2CCC1C2)Nc1ccc([N+](=O)[O-])cc1Br. The number of nitrogens with zero attached hydrogens (tertiary/aromatic N) is 1. The molecule has 2 aliphatic carbocycles. The molecule has 25 heavy (non-hydrogen) atoms. The second-order valence-electron chi connectivity index (χ2n) is 6.77. The Balaban J connectivity index is 1.45. The van der Waals surface area contributed by atoms with Gasteiger partial charge in [-0.1, -0.05) is 6.42 Å². The Morgan fingerprint density at radius 1 is 1.32 bits per heavy atom. The molecule has 0 aliphatic heterocycles. The van der Waals surface area contributed by atoms with Crippen molar-refractivity contribution < 1.29 is 19.2 Å². The van der Waals surface area contributed by atoms with Crippen LogP contribution >= 0.6 is 15.9 Å². The highest BCUT2D eigenvalue weighted by molar-refractivity contribution is 9.10. The van der Waals surface area contributed by atoms with Gasteiger partial charge in [0.1, 0.15) is 0 Å². The minimum Gasteiger partial charge on any atom is -0.456 e. The Labute approximate surface area is 153 Å². The Bertz CT molecular complexity index is 708. The van der Waals surface area contributed by atoms with Gasteiger partial charge >= 0.3 is 5.97 Å². The Morgan fingerprint density at radius 2 is 2.12 bits per heavy atom. The van der Waals surface area contributed by atoms with Crippen LogP contribution in [0.15, 0.2) is 22.7 Å². The molecule has 3 atom stereocenters. The fourth-order valence-corrected chi connectivity index (χ4v) is 4.42. The number of anilines is 1. The highest BCUT2D eigenvalue weighted by atomic mass is 79.9. The zero-order valence-electron chi connectivity index (χ0n) is 13.6. The molecule has 0 radical (unpaired) electrons. The number of nitrogens with one attached hydrogen (secondary N) is 1. The van der Waals surface area contributed by atoms with E-state index < -0.39 is 10.8 Å². The van der Waals surface area contributed by atoms with Crippen molar-refractivity contribution in [2.75, 3.05) is 11.9 Å². The van der Waals surface area contributed by atoms with Crippen LogP contribution in [-0.2, 0) is 14.3 Å². The molecule has 134 valence electrons. The van der Waals surface area contributed by atoms with Crippen molar-refractivity contribution in [1.29, 1.82) is 0 Å². The number of rotatable bonds is 6. The van der Waals surface area contributed by atoms with E-state index in [4.69, 9.17) is 4.74 Å². The average molecular weight is 411 g/mol. The van der Waals surface area contributed by atoms with E-state index in [1.54, 1.807) is 0 Å². The summed E-state index contributed by atoms with van der Waals surface area (Å²) in [5.41, 5.74) is 0.307. The van der Waals surface area contributed by atoms with Crippen LogP contribution in [0.3, 0.4) is 0 Å². The van der Waals surface area contributed by atoms with E-state index in [1.807, 2.05) is 0 Å². The zero-order valence-corrected chi connectivity index (χ0v) is 15.2. The Morgan fingerprint density at radius 3 is 2.72 bits per heavy atom. The Kier molecular flexibility index (Phi) is 5.36. The molecule has 0 spiro atoms. The summed E-state index contributed by atoms with van der Waals surface area (Å²) >= 11 is 3.17. The standard InChI is InChI=1S/C17H19BrN2O5/c18-14-8-13(20(23)24)3-4-15(14)19-16(21)9-25-17(22)7-12-6-10-1-2-11(12)5-10/h3-4,8,10-12H,1-2,5-7,9H2,(H,19,21). The van der Waals surface area contributed by atoms with E-state index in [9.17, 15) is 19.7 Å². The van der Waals surface area contributed by atoms with Gasteiger partial charge in [-0.3, -0.25) is 19.7 Å². The summed E-state index contributed by atoms with van der Waals surface area (Å²) in [6, 6.07) is 4.02. The molecule has 0 aromatic heterocycles. The summed E-state index contributed by atoms with van der Waals surface area (Å²) in [6.07, 6.45) is 5.20. The van der Waals surface area contributed by atoms with Gasteiger partial charge in [-0.05, 0) is 59.0 Å². The lowest BCUT2D eigenvalue weighted by Crippen LogP contribution is -2.23. The topological polar surface area (TPSA) is 98.5 Å². The smallest absolute Gasteiger partial charge is 0.306 e. The minimum absolute atomic E-state index is 0.0813. The summed E-state index contributed by atoms with van der Waals surface area (Å²) < 4.78 is 5.46. The normalized spacial score (nSPS) is 24.1. The number of carbonyl (C=O) groups is 2. The molecule has 7 nitrogen and oxygen atoms in total. The van der Waals surface area contributed by atoms with Gasteiger partial charge in [0.05, 0.1) is 10.6 Å². The quantitative estimate of drug-likeness (QED) is 0.438. The number of ether oxygens (including phenoxy) is 1. The molecule has 3 unspecified atom stereocenters. The number of nitro groups is 1. The molecule has 2 aliphatic rings. The molecule has 3 rings (SSSR count). The number of halogens is 1. The summed E-state index contributed by atoms with van der Waals surface area (Å²) in [5.74, 6) is 0.998. The van der Waals surface area contributed by atoms with E-state index in [0.717, 1.165) is 12.3 Å². The molecule has 2 bridgehead atoms. The largest absolute Gasteiger partial charge is 0.456 e. The van der Waals surface area contributed by atoms with Crippen molar-refractivity contribution in [3.8, 4) is 0 Å². The lowest BCUT2D eigenvalue weighted by atomic mass is 9.86. The summed E-state index contributed by atoms with van der Waals surface area (Å²) in [7, 11) is 0. The van der Waals surface area contributed by atoms with Crippen LogP contribution in [0.4, 0.5) is 11.4 Å². The van der Waals surface area contributed by atoms with Crippen LogP contribution < -0.4 is 5.32 Å². The van der Waals surface area contributed by atoms with Gasteiger partial charge < -0.3 is 10.1 Å². The highest BCUT2D eigenvalue weighted by Crippen LogP contribution is 2.49. The molecule has 1 N–H and O–H groups in total. The molecule has 8 heteroatoms. The van der Waals surface area contributed by atoms with Crippen molar-refractivity contribution in [3.05, 3.63) is 32.8 Å². The van der Waals surface area contributed by atoms with Gasteiger partial charge in [-0.2, -0.15) is 0 Å². The maximum absolute atomic E-state index is 11.9. The van der Waals surface area contributed by atoms with Gasteiger partial charge in [-0.25, -0.2) is 0 Å². The molecule has 2 fully saturated rings. The van der Waals surface area contributed by atoms with Crippen LogP contribution in [-0.4, -0.2) is 23.4 Å². The van der Waals surface area contributed by atoms with Crippen LogP contribution in [0.5, 0.6) is 0 Å². The number of hydrogen-bond acceptors (Lipinski definition) is 5. The number of esters is 1. The van der Waals surface area contributed by atoms with Crippen molar-refractivity contribution in [1.82, 2.24) is 0 Å². The molecular formula is C17H19BrN2O5. The maximum Gasteiger partial charge on any atom is 0.306 e. The zero-order chi connectivity index (χ0) is 18.0. The van der Waals surface area contributed by atoms with Gasteiger partial charge in [0.15, 0.2) is 6.61 Å². The molecular weight excluding hydrogens is 392 g/mol. The highest BCUT2D eigenvalue weighted by Gasteiger charge is 2.40. The minimum atomic E-state index is -0.520. The predicted octanol–water partition coefficient (Wildman–Crippen LogP) is 3.67. The number of benzene rings is 1. The average Bonchev–Trinajstić information content (AvgIpc) is 3.17. The maximum atomic E-state index is 11.9. The van der Waals surface area contributed by atoms with Crippen molar-refractivity contribution in [2.45, 2.75) is 32.1 Å². The first-order valence-electron chi connectivity index (χ1n) is 8.31. The van der Waals surface area contributed by atoms with E-state index in [1.165, 1.54) is 37.5 Å². The van der Waals surface area contributed by atoms with E-state index in [-0.39, 0.29) is 18.3 Å². The van der Waals surface area contributed by atoms with Crippen molar-refractivity contribution in [3.63, 3.8) is 0 Å². The second-order valence-corrected chi connectivity index (χ2v) is 7.62. The number of nitro benzene ring substituents is 1. The molecule has 2 saturated carbocycles. The monoisotopic (exact) mass is 410 g/mol. The molecule has 1 aromatic carbocycles. The number of amides is 1. The molecule has 1 amide bonds. The van der Waals surface area contributed by atoms with E-state index in [2.05, 4.69) is 21.2 Å². The van der Waals surface area contributed by atoms with Crippen LogP contribution in [0.2, 0.25) is 0 Å². The number of hydrogen-bond donors (Lipinski definition) is 1. The third kappa shape index (κ3) is 4.36. The lowest BCUT2D eigenvalue weighted by molar-refractivity contribution is -0.384. The summed E-state index contributed by atoms with van der Waals surface area (Å²) in [5, 5.41) is 13.3. The molecule has 0 saturated heterocycles. The number of non-ortho nitro benzene ring substituents is 1. The van der Waals surface area contributed by atoms with Gasteiger partial charge in [-0.15, -0.1) is 0 Å². The fraction of sp³-hybridized carbons (Fsp3) is 0.529. The lowest BCUT2D eigenvalue weighted by Gasteiger charge is -2.20. The van der Waals surface area contributed by atoms with Gasteiger partial charge in [0.25, 0.3) is 11.6 Å². The summed E-state index contributed by atoms with van der Waals surface area (Å²) in [4.78, 5) is 34.0. The van der Waals surface area contributed by atoms with Crippen LogP contribution in [0, 0.1) is 27.9 Å². The van der Waals surface area contributed by atoms with E-state index in [0.29, 0.717) is 28.4 Å². The first-order chi connectivity index (χ1) is 11.9. The van der Waals surface area contributed by atoms with Gasteiger partial charge in [0.2, 0.25) is 0 Å². The van der Waals surface area contributed by atoms with Gasteiger partial charge in [0, 0.05) is 23.0 Å². The predicted molar refractivity (Wildman–Crippen MR) is 93.9 cm³/mol. The molecule has 1 aromatic rings. The number of fused-ring (bicyclic) bond motifs is 2. The Hall–Kier alpha value is -1.96. The van der Waals surface area contributed by atoms with Crippen LogP contribution in [0.25, 0.3) is 0 Å². The van der Waals surface area contributed by atoms with Crippen molar-refractivity contribution >= 4 is 39.2 Å². The number of carbonyl (C=O) groups excluding carboxylic acids is 2. The molecule has 0 heterocycles. The second kappa shape index (κ2) is 7.51. The van der Waals surface area contributed by atoms with Crippen molar-refractivity contribution in [2.24, 2.45) is 17.8 Å².